The van der Waals surface area contributed by atoms with E-state index in [1.165, 1.54) is 6.92 Å². The number of rotatable bonds is 6. The first-order chi connectivity index (χ1) is 11.0. The molecule has 0 rings (SSSR count). The van der Waals surface area contributed by atoms with Crippen LogP contribution in [0.15, 0.2) is 11.1 Å². The third-order valence-corrected chi connectivity index (χ3v) is 4.07. The van der Waals surface area contributed by atoms with Crippen molar-refractivity contribution in [2.45, 2.75) is 81.3 Å². The molecule has 0 aromatic heterocycles. The van der Waals surface area contributed by atoms with Crippen LogP contribution in [0.4, 0.5) is 0 Å². The first-order valence-electron chi connectivity index (χ1n) is 8.31. The van der Waals surface area contributed by atoms with Crippen molar-refractivity contribution in [1.82, 2.24) is 0 Å². The largest absolute Gasteiger partial charge is 0.360 e. The van der Waals surface area contributed by atoms with Crippen LogP contribution >= 0.6 is 12.3 Å². The van der Waals surface area contributed by atoms with Gasteiger partial charge in [-0.05, 0) is 27.7 Å². The summed E-state index contributed by atoms with van der Waals surface area (Å²) < 4.78 is 10.3. The zero-order valence-corrected chi connectivity index (χ0v) is 18.0. The Kier molecular flexibility index (Phi) is 8.11. The van der Waals surface area contributed by atoms with Gasteiger partial charge in [0, 0.05) is 28.4 Å². The summed E-state index contributed by atoms with van der Waals surface area (Å²) in [5.74, 6) is -1.02. The lowest BCUT2D eigenvalue weighted by Gasteiger charge is -2.23. The predicted molar refractivity (Wildman–Crippen MR) is 101 cm³/mol. The molecule has 5 nitrogen and oxygen atoms in total. The van der Waals surface area contributed by atoms with E-state index < -0.39 is 22.4 Å². The highest BCUT2D eigenvalue weighted by atomic mass is 32.2. The molecule has 0 bridgehead atoms. The van der Waals surface area contributed by atoms with Crippen LogP contribution in [0.3, 0.4) is 0 Å². The lowest BCUT2D eigenvalue weighted by Crippen LogP contribution is -2.29. The molecule has 0 aliphatic rings. The second-order valence-corrected chi connectivity index (χ2v) is 9.64. The summed E-state index contributed by atoms with van der Waals surface area (Å²) in [5.41, 5.74) is -1.44. The van der Waals surface area contributed by atoms with E-state index in [4.69, 9.17) is 8.37 Å². The third kappa shape index (κ3) is 8.68. The molecule has 25 heavy (non-hydrogen) atoms. The average Bonchev–Trinajstić information content (AvgIpc) is 2.39. The molecule has 0 fully saturated rings. The van der Waals surface area contributed by atoms with Crippen molar-refractivity contribution in [3.8, 4) is 0 Å². The van der Waals surface area contributed by atoms with Gasteiger partial charge in [-0.1, -0.05) is 41.5 Å². The Morgan fingerprint density at radius 3 is 1.68 bits per heavy atom. The summed E-state index contributed by atoms with van der Waals surface area (Å²) in [6.07, 6.45) is -0.0919. The number of hydrogen-bond acceptors (Lipinski definition) is 6. The molecule has 0 unspecified atom stereocenters. The van der Waals surface area contributed by atoms with Crippen LogP contribution in [0.2, 0.25) is 0 Å². The summed E-state index contributed by atoms with van der Waals surface area (Å²) >= 11 is 0.578. The number of hydrogen-bond donors (Lipinski definition) is 0. The molecule has 0 aromatic rings. The van der Waals surface area contributed by atoms with Crippen molar-refractivity contribution >= 4 is 29.9 Å². The smallest absolute Gasteiger partial charge is 0.348 e. The topological polar surface area (TPSA) is 69.7 Å². The fraction of sp³-hybridized carbons (Fsp3) is 0.737. The third-order valence-electron chi connectivity index (χ3n) is 3.28. The molecular formula is C19H32O5S. The fourth-order valence-corrected chi connectivity index (χ4v) is 2.02. The second kappa shape index (κ2) is 8.49. The zero-order chi connectivity index (χ0) is 20.2. The molecule has 0 aliphatic heterocycles. The standard InChI is InChI=1S/C19H32O5S/c1-12(16(22)23-25-24-19(8,9)10)13(15(21)18(5,6)7)11-14(20)17(2,3)4/h11H2,1-10H3/b13-12-. The van der Waals surface area contributed by atoms with Crippen LogP contribution in [0.1, 0.15) is 75.7 Å². The molecule has 0 amide bonds. The van der Waals surface area contributed by atoms with Gasteiger partial charge < -0.3 is 4.18 Å². The molecule has 0 radical (unpaired) electrons. The summed E-state index contributed by atoms with van der Waals surface area (Å²) in [7, 11) is 0. The van der Waals surface area contributed by atoms with E-state index in [0.717, 1.165) is 0 Å². The first-order valence-corrected chi connectivity index (χ1v) is 8.98. The Morgan fingerprint density at radius 2 is 1.32 bits per heavy atom. The van der Waals surface area contributed by atoms with Gasteiger partial charge in [-0.15, -0.1) is 0 Å². The predicted octanol–water partition coefficient (Wildman–Crippen LogP) is 4.84. The Balaban J connectivity index is 5.54. The van der Waals surface area contributed by atoms with Crippen molar-refractivity contribution in [3.63, 3.8) is 0 Å². The minimum atomic E-state index is -0.704. The van der Waals surface area contributed by atoms with Crippen molar-refractivity contribution in [1.29, 1.82) is 0 Å². The number of Topliss-reactive ketones (excluding diaryl/α,β-unsaturated/α-hetero) is 2. The zero-order valence-electron chi connectivity index (χ0n) is 17.2. The molecule has 0 aliphatic carbocycles. The lowest BCUT2D eigenvalue weighted by molar-refractivity contribution is -0.131. The van der Waals surface area contributed by atoms with Crippen molar-refractivity contribution in [2.24, 2.45) is 10.8 Å². The normalized spacial score (nSPS) is 14.0. The van der Waals surface area contributed by atoms with Crippen molar-refractivity contribution in [2.75, 3.05) is 0 Å². The number of carbonyl (C=O) groups excluding carboxylic acids is 3. The van der Waals surface area contributed by atoms with Gasteiger partial charge in [0.2, 0.25) is 12.3 Å². The van der Waals surface area contributed by atoms with E-state index in [-0.39, 0.29) is 29.1 Å². The molecule has 144 valence electrons. The molecule has 0 aromatic carbocycles. The molecule has 6 heteroatoms. The molecule has 0 N–H and O–H groups in total. The van der Waals surface area contributed by atoms with Crippen LogP contribution in [-0.2, 0) is 22.7 Å². The maximum Gasteiger partial charge on any atom is 0.348 e. The van der Waals surface area contributed by atoms with E-state index in [9.17, 15) is 14.4 Å². The Bertz CT molecular complexity index is 554. The highest BCUT2D eigenvalue weighted by Gasteiger charge is 2.32. The molecular weight excluding hydrogens is 340 g/mol. The van der Waals surface area contributed by atoms with Crippen LogP contribution in [0.25, 0.3) is 0 Å². The van der Waals surface area contributed by atoms with E-state index in [2.05, 4.69) is 0 Å². The summed E-state index contributed by atoms with van der Waals surface area (Å²) in [4.78, 5) is 37.4. The fourth-order valence-electron chi connectivity index (χ4n) is 1.60. The van der Waals surface area contributed by atoms with Crippen LogP contribution < -0.4 is 0 Å². The summed E-state index contributed by atoms with van der Waals surface area (Å²) in [5, 5.41) is 0. The maximum atomic E-state index is 12.8. The van der Waals surface area contributed by atoms with E-state index >= 15 is 0 Å². The molecule has 0 saturated heterocycles. The van der Waals surface area contributed by atoms with E-state index in [0.29, 0.717) is 12.3 Å². The summed E-state index contributed by atoms with van der Waals surface area (Å²) in [6.45, 7) is 17.6. The highest BCUT2D eigenvalue weighted by Crippen LogP contribution is 2.29. The minimum Gasteiger partial charge on any atom is -0.360 e. The quantitative estimate of drug-likeness (QED) is 0.490. The maximum absolute atomic E-state index is 12.8. The van der Waals surface area contributed by atoms with Crippen LogP contribution in [0, 0.1) is 10.8 Å². The minimum absolute atomic E-state index is 0.0919. The van der Waals surface area contributed by atoms with Crippen LogP contribution in [-0.4, -0.2) is 23.1 Å². The second-order valence-electron chi connectivity index (χ2n) is 9.17. The van der Waals surface area contributed by atoms with Crippen molar-refractivity contribution < 1.29 is 22.7 Å². The van der Waals surface area contributed by atoms with Crippen molar-refractivity contribution in [3.05, 3.63) is 11.1 Å². The Morgan fingerprint density at radius 1 is 0.840 bits per heavy atom. The van der Waals surface area contributed by atoms with Gasteiger partial charge in [0.1, 0.15) is 5.78 Å². The first kappa shape index (κ1) is 23.9. The van der Waals surface area contributed by atoms with Gasteiger partial charge in [0.15, 0.2) is 5.78 Å². The van der Waals surface area contributed by atoms with E-state index in [1.807, 2.05) is 20.8 Å². The van der Waals surface area contributed by atoms with Crippen LogP contribution in [0.5, 0.6) is 0 Å². The summed E-state index contributed by atoms with van der Waals surface area (Å²) in [6, 6.07) is 0. The van der Waals surface area contributed by atoms with Gasteiger partial charge in [-0.25, -0.2) is 4.79 Å². The highest BCUT2D eigenvalue weighted by molar-refractivity contribution is 7.90. The molecule has 0 heterocycles. The SMILES string of the molecule is C/C(C(=O)OSOC(C)(C)C)=C(\CC(=O)C(C)(C)C)C(=O)C(C)(C)C. The monoisotopic (exact) mass is 372 g/mol. The Hall–Kier alpha value is -1.14. The number of ketones is 2. The molecule has 0 atom stereocenters. The lowest BCUT2D eigenvalue weighted by atomic mass is 9.79. The number of allylic oxidation sites excluding steroid dienone is 1. The van der Waals surface area contributed by atoms with Gasteiger partial charge in [0.05, 0.1) is 5.60 Å². The van der Waals surface area contributed by atoms with Gasteiger partial charge in [-0.2, -0.15) is 0 Å². The Labute approximate surface area is 156 Å². The molecule has 0 saturated carbocycles. The van der Waals surface area contributed by atoms with Gasteiger partial charge in [0.25, 0.3) is 0 Å². The molecule has 0 spiro atoms. The number of carbonyl (C=O) groups is 3. The van der Waals surface area contributed by atoms with Gasteiger partial charge >= 0.3 is 5.97 Å². The van der Waals surface area contributed by atoms with E-state index in [1.54, 1.807) is 41.5 Å². The average molecular weight is 373 g/mol. The van der Waals surface area contributed by atoms with Gasteiger partial charge in [-0.3, -0.25) is 13.8 Å².